The van der Waals surface area contributed by atoms with Gasteiger partial charge in [0.05, 0.1) is 25.2 Å². The van der Waals surface area contributed by atoms with Gasteiger partial charge in [0.15, 0.2) is 0 Å². The topological polar surface area (TPSA) is 62.3 Å². The van der Waals surface area contributed by atoms with Gasteiger partial charge in [0.1, 0.15) is 0 Å². The molecule has 2 heterocycles. The highest BCUT2D eigenvalue weighted by Crippen LogP contribution is 2.18. The van der Waals surface area contributed by atoms with Crippen LogP contribution in [0.4, 0.5) is 0 Å². The lowest BCUT2D eigenvalue weighted by atomic mass is 10.1. The van der Waals surface area contributed by atoms with Crippen molar-refractivity contribution in [2.24, 2.45) is 0 Å². The number of fused-ring (bicyclic) bond motifs is 1. The number of piperazine rings is 1. The predicted molar refractivity (Wildman–Crippen MR) is 70.2 cm³/mol. The fraction of sp³-hybridized carbons (Fsp3) is 0.214. The number of aromatic nitrogens is 1. The molecule has 1 saturated heterocycles. The predicted octanol–water partition coefficient (Wildman–Crippen LogP) is 0.693. The monoisotopic (exact) mass is 255 g/mol. The molecule has 0 radical (unpaired) electrons. The first-order chi connectivity index (χ1) is 9.25. The third kappa shape index (κ3) is 2.20. The van der Waals surface area contributed by atoms with Crippen molar-refractivity contribution < 1.29 is 9.59 Å². The number of imide groups is 1. The highest BCUT2D eigenvalue weighted by molar-refractivity contribution is 5.99. The van der Waals surface area contributed by atoms with Crippen molar-refractivity contribution in [1.82, 2.24) is 15.2 Å². The molecule has 1 aromatic heterocycles. The lowest BCUT2D eigenvalue weighted by Gasteiger charge is -2.25. The summed E-state index contributed by atoms with van der Waals surface area (Å²) >= 11 is 0. The quantitative estimate of drug-likeness (QED) is 0.802. The molecule has 1 aliphatic rings. The van der Waals surface area contributed by atoms with Crippen molar-refractivity contribution in [3.8, 4) is 0 Å². The van der Waals surface area contributed by atoms with Crippen LogP contribution in [0.3, 0.4) is 0 Å². The lowest BCUT2D eigenvalue weighted by molar-refractivity contribution is -0.147. The second-order valence-electron chi connectivity index (χ2n) is 4.47. The number of carbonyl (C=O) groups is 2. The molecule has 96 valence electrons. The van der Waals surface area contributed by atoms with Crippen molar-refractivity contribution in [3.05, 3.63) is 42.1 Å². The fourth-order valence-corrected chi connectivity index (χ4v) is 2.25. The number of nitrogens with one attached hydrogen (secondary N) is 1. The smallest absolute Gasteiger partial charge is 0.243 e. The van der Waals surface area contributed by atoms with E-state index >= 15 is 0 Å². The summed E-state index contributed by atoms with van der Waals surface area (Å²) in [5, 5.41) is 3.79. The van der Waals surface area contributed by atoms with Crippen molar-refractivity contribution >= 4 is 22.7 Å². The van der Waals surface area contributed by atoms with Gasteiger partial charge in [-0.1, -0.05) is 24.3 Å². The van der Waals surface area contributed by atoms with Crippen LogP contribution < -0.4 is 5.32 Å². The molecular weight excluding hydrogens is 242 g/mol. The zero-order chi connectivity index (χ0) is 13.2. The Balaban J connectivity index is 1.97. The van der Waals surface area contributed by atoms with Gasteiger partial charge < -0.3 is 0 Å². The first-order valence-corrected chi connectivity index (χ1v) is 6.12. The number of rotatable bonds is 2. The number of para-hydroxylation sites is 1. The first-order valence-electron chi connectivity index (χ1n) is 6.12. The van der Waals surface area contributed by atoms with Crippen molar-refractivity contribution in [1.29, 1.82) is 0 Å². The molecule has 1 aromatic carbocycles. The van der Waals surface area contributed by atoms with Crippen LogP contribution >= 0.6 is 0 Å². The van der Waals surface area contributed by atoms with E-state index in [0.29, 0.717) is 0 Å². The number of nitrogens with zero attached hydrogens (tertiary/aromatic N) is 2. The van der Waals surface area contributed by atoms with E-state index in [2.05, 4.69) is 10.3 Å². The van der Waals surface area contributed by atoms with E-state index in [1.165, 1.54) is 4.90 Å². The lowest BCUT2D eigenvalue weighted by Crippen LogP contribution is -2.51. The van der Waals surface area contributed by atoms with E-state index in [1.807, 2.05) is 30.3 Å². The minimum atomic E-state index is -0.191. The Hall–Kier alpha value is -2.27. The summed E-state index contributed by atoms with van der Waals surface area (Å²) < 4.78 is 0. The molecule has 2 amide bonds. The molecule has 5 heteroatoms. The van der Waals surface area contributed by atoms with E-state index in [1.54, 1.807) is 6.20 Å². The molecule has 5 nitrogen and oxygen atoms in total. The van der Waals surface area contributed by atoms with E-state index in [-0.39, 0.29) is 31.4 Å². The van der Waals surface area contributed by atoms with Crippen LogP contribution in [-0.2, 0) is 16.1 Å². The summed E-state index contributed by atoms with van der Waals surface area (Å²) in [6.45, 7) is 0.710. The molecule has 0 spiro atoms. The highest BCUT2D eigenvalue weighted by Gasteiger charge is 2.26. The Morgan fingerprint density at radius 2 is 1.84 bits per heavy atom. The van der Waals surface area contributed by atoms with E-state index in [0.717, 1.165) is 16.5 Å². The van der Waals surface area contributed by atoms with Crippen LogP contribution in [0.1, 0.15) is 5.56 Å². The highest BCUT2D eigenvalue weighted by atomic mass is 16.2. The van der Waals surface area contributed by atoms with Crippen LogP contribution in [0.15, 0.2) is 36.5 Å². The summed E-state index contributed by atoms with van der Waals surface area (Å²) in [5.74, 6) is -0.381. The number of hydrogen-bond donors (Lipinski definition) is 1. The number of pyridine rings is 1. The SMILES string of the molecule is O=C1CNCC(=O)N1Cc1cccc2cccnc12. The van der Waals surface area contributed by atoms with Gasteiger partial charge in [-0.25, -0.2) is 0 Å². The summed E-state index contributed by atoms with van der Waals surface area (Å²) in [6, 6.07) is 9.61. The molecule has 3 rings (SSSR count). The summed E-state index contributed by atoms with van der Waals surface area (Å²) in [6.07, 6.45) is 1.72. The minimum Gasteiger partial charge on any atom is -0.300 e. The Bertz CT molecular complexity index is 633. The standard InChI is InChI=1S/C14H13N3O2/c18-12-7-15-8-13(19)17(12)9-11-4-1-3-10-5-2-6-16-14(10)11/h1-6,15H,7-9H2. The molecule has 0 bridgehead atoms. The van der Waals surface area contributed by atoms with Gasteiger partial charge in [-0.15, -0.1) is 0 Å². The normalized spacial score (nSPS) is 16.1. The number of carbonyl (C=O) groups excluding carboxylic acids is 2. The average Bonchev–Trinajstić information content (AvgIpc) is 2.43. The van der Waals surface area contributed by atoms with Gasteiger partial charge in [0.2, 0.25) is 11.8 Å². The van der Waals surface area contributed by atoms with Crippen LogP contribution in [0.25, 0.3) is 10.9 Å². The van der Waals surface area contributed by atoms with Crippen molar-refractivity contribution in [2.45, 2.75) is 6.54 Å². The van der Waals surface area contributed by atoms with Gasteiger partial charge in [-0.05, 0) is 11.6 Å². The Kier molecular flexibility index (Phi) is 2.97. The molecule has 2 aromatic rings. The largest absolute Gasteiger partial charge is 0.300 e. The molecule has 1 N–H and O–H groups in total. The van der Waals surface area contributed by atoms with Crippen LogP contribution in [0.5, 0.6) is 0 Å². The maximum atomic E-state index is 11.8. The number of amides is 2. The number of hydrogen-bond acceptors (Lipinski definition) is 4. The van der Waals surface area contributed by atoms with Gasteiger partial charge >= 0.3 is 0 Å². The average molecular weight is 255 g/mol. The van der Waals surface area contributed by atoms with E-state index in [9.17, 15) is 9.59 Å². The molecule has 0 atom stereocenters. The summed E-state index contributed by atoms with van der Waals surface area (Å²) in [4.78, 5) is 29.2. The van der Waals surface area contributed by atoms with Gasteiger partial charge in [0, 0.05) is 11.6 Å². The second kappa shape index (κ2) is 4.78. The zero-order valence-electron chi connectivity index (χ0n) is 10.3. The van der Waals surface area contributed by atoms with Crippen LogP contribution in [-0.4, -0.2) is 34.8 Å². The van der Waals surface area contributed by atoms with Crippen molar-refractivity contribution in [2.75, 3.05) is 13.1 Å². The van der Waals surface area contributed by atoms with Gasteiger partial charge in [0.25, 0.3) is 0 Å². The van der Waals surface area contributed by atoms with Crippen LogP contribution in [0, 0.1) is 0 Å². The number of benzene rings is 1. The maximum absolute atomic E-state index is 11.8. The van der Waals surface area contributed by atoms with E-state index in [4.69, 9.17) is 0 Å². The minimum absolute atomic E-state index is 0.191. The first kappa shape index (κ1) is 11.8. The molecule has 0 unspecified atom stereocenters. The molecule has 19 heavy (non-hydrogen) atoms. The Morgan fingerprint density at radius 3 is 2.63 bits per heavy atom. The molecule has 0 aliphatic carbocycles. The van der Waals surface area contributed by atoms with Crippen molar-refractivity contribution in [3.63, 3.8) is 0 Å². The maximum Gasteiger partial charge on any atom is 0.243 e. The third-order valence-corrected chi connectivity index (χ3v) is 3.20. The Morgan fingerprint density at radius 1 is 1.11 bits per heavy atom. The van der Waals surface area contributed by atoms with E-state index < -0.39 is 0 Å². The van der Waals surface area contributed by atoms with Crippen LogP contribution in [0.2, 0.25) is 0 Å². The summed E-state index contributed by atoms with van der Waals surface area (Å²) in [5.41, 5.74) is 1.73. The molecule has 1 fully saturated rings. The molecule has 1 aliphatic heterocycles. The van der Waals surface area contributed by atoms with Gasteiger partial charge in [-0.2, -0.15) is 0 Å². The second-order valence-corrected chi connectivity index (χ2v) is 4.47. The molecular formula is C14H13N3O2. The van der Waals surface area contributed by atoms with Gasteiger partial charge in [-0.3, -0.25) is 24.8 Å². The fourth-order valence-electron chi connectivity index (χ4n) is 2.25. The summed E-state index contributed by atoms with van der Waals surface area (Å²) in [7, 11) is 0. The molecule has 0 saturated carbocycles. The third-order valence-electron chi connectivity index (χ3n) is 3.20. The zero-order valence-corrected chi connectivity index (χ0v) is 10.3. The Labute approximate surface area is 110 Å².